The second-order valence-electron chi connectivity index (χ2n) is 3.64. The summed E-state index contributed by atoms with van der Waals surface area (Å²) < 4.78 is 0. The zero-order chi connectivity index (χ0) is 10.0. The average Bonchev–Trinajstić information content (AvgIpc) is 2.08. The molecule has 3 atom stereocenters. The molecule has 0 aromatic carbocycles. The second kappa shape index (κ2) is 4.33. The smallest absolute Gasteiger partial charge is 0.239 e. The van der Waals surface area contributed by atoms with Crippen molar-refractivity contribution in [2.45, 2.75) is 38.1 Å². The van der Waals surface area contributed by atoms with E-state index < -0.39 is 0 Å². The van der Waals surface area contributed by atoms with E-state index in [1.807, 2.05) is 16.7 Å². The van der Waals surface area contributed by atoms with Crippen molar-refractivity contribution in [2.75, 3.05) is 12.3 Å². The standard InChI is InChI=1S/C9H18N2OS/c1-6(10)9(12)11-4-5-13-8(3)7(11)2/h6-8H,4-5,10H2,1-3H3. The average molecular weight is 202 g/mol. The molecule has 0 bridgehead atoms. The first kappa shape index (κ1) is 10.9. The van der Waals surface area contributed by atoms with Gasteiger partial charge in [-0.2, -0.15) is 11.8 Å². The quantitative estimate of drug-likeness (QED) is 0.680. The Hall–Kier alpha value is -0.220. The first-order chi connectivity index (χ1) is 6.04. The van der Waals surface area contributed by atoms with Crippen LogP contribution in [0.3, 0.4) is 0 Å². The summed E-state index contributed by atoms with van der Waals surface area (Å²) in [5.74, 6) is 1.11. The maximum atomic E-state index is 11.6. The Labute approximate surface area is 84.0 Å². The monoisotopic (exact) mass is 202 g/mol. The zero-order valence-corrected chi connectivity index (χ0v) is 9.30. The van der Waals surface area contributed by atoms with Crippen LogP contribution in [0.1, 0.15) is 20.8 Å². The molecule has 0 saturated carbocycles. The molecule has 3 nitrogen and oxygen atoms in total. The van der Waals surface area contributed by atoms with Crippen molar-refractivity contribution >= 4 is 17.7 Å². The summed E-state index contributed by atoms with van der Waals surface area (Å²) in [6, 6.07) is -0.0463. The lowest BCUT2D eigenvalue weighted by Gasteiger charge is -2.38. The molecule has 1 saturated heterocycles. The van der Waals surface area contributed by atoms with E-state index in [1.54, 1.807) is 6.92 Å². The van der Waals surface area contributed by atoms with Crippen LogP contribution in [0.15, 0.2) is 0 Å². The van der Waals surface area contributed by atoms with Crippen molar-refractivity contribution < 1.29 is 4.79 Å². The molecule has 76 valence electrons. The van der Waals surface area contributed by atoms with E-state index >= 15 is 0 Å². The van der Waals surface area contributed by atoms with Crippen molar-refractivity contribution in [1.82, 2.24) is 4.90 Å². The number of carbonyl (C=O) groups is 1. The van der Waals surface area contributed by atoms with E-state index in [-0.39, 0.29) is 11.9 Å². The van der Waals surface area contributed by atoms with Gasteiger partial charge in [-0.05, 0) is 13.8 Å². The van der Waals surface area contributed by atoms with Crippen molar-refractivity contribution in [3.8, 4) is 0 Å². The summed E-state index contributed by atoms with van der Waals surface area (Å²) in [6.07, 6.45) is 0. The summed E-state index contributed by atoms with van der Waals surface area (Å²) >= 11 is 1.92. The van der Waals surface area contributed by atoms with Crippen LogP contribution in [-0.2, 0) is 4.79 Å². The number of nitrogens with two attached hydrogens (primary N) is 1. The minimum absolute atomic E-state index is 0.0830. The molecule has 0 aliphatic carbocycles. The van der Waals surface area contributed by atoms with Crippen LogP contribution in [0.2, 0.25) is 0 Å². The molecule has 1 aliphatic rings. The van der Waals surface area contributed by atoms with E-state index in [2.05, 4.69) is 13.8 Å². The summed E-state index contributed by atoms with van der Waals surface area (Å²) in [7, 11) is 0. The summed E-state index contributed by atoms with van der Waals surface area (Å²) in [6.45, 7) is 6.85. The number of hydrogen-bond acceptors (Lipinski definition) is 3. The van der Waals surface area contributed by atoms with Gasteiger partial charge in [-0.1, -0.05) is 6.92 Å². The van der Waals surface area contributed by atoms with E-state index in [4.69, 9.17) is 5.73 Å². The van der Waals surface area contributed by atoms with Gasteiger partial charge in [-0.15, -0.1) is 0 Å². The highest BCUT2D eigenvalue weighted by Gasteiger charge is 2.29. The van der Waals surface area contributed by atoms with Gasteiger partial charge in [0.25, 0.3) is 0 Å². The lowest BCUT2D eigenvalue weighted by atomic mass is 10.2. The summed E-state index contributed by atoms with van der Waals surface area (Å²) in [5, 5.41) is 0.524. The molecule has 1 heterocycles. The zero-order valence-electron chi connectivity index (χ0n) is 8.49. The van der Waals surface area contributed by atoms with E-state index in [9.17, 15) is 4.79 Å². The highest BCUT2D eigenvalue weighted by atomic mass is 32.2. The molecule has 0 aromatic rings. The van der Waals surface area contributed by atoms with Crippen LogP contribution < -0.4 is 5.73 Å². The minimum Gasteiger partial charge on any atom is -0.337 e. The third-order valence-corrected chi connectivity index (χ3v) is 3.89. The summed E-state index contributed by atoms with van der Waals surface area (Å²) in [4.78, 5) is 13.6. The van der Waals surface area contributed by atoms with Crippen LogP contribution in [-0.4, -0.2) is 40.4 Å². The van der Waals surface area contributed by atoms with Crippen molar-refractivity contribution in [1.29, 1.82) is 0 Å². The van der Waals surface area contributed by atoms with Gasteiger partial charge in [-0.3, -0.25) is 4.79 Å². The van der Waals surface area contributed by atoms with Gasteiger partial charge in [0.1, 0.15) is 0 Å². The molecule has 1 aliphatic heterocycles. The first-order valence-corrected chi connectivity index (χ1v) is 5.76. The molecule has 0 aromatic heterocycles. The lowest BCUT2D eigenvalue weighted by molar-refractivity contribution is -0.134. The largest absolute Gasteiger partial charge is 0.337 e. The van der Waals surface area contributed by atoms with E-state index in [0.29, 0.717) is 11.3 Å². The number of hydrogen-bond donors (Lipinski definition) is 1. The Kier molecular flexibility index (Phi) is 3.62. The fourth-order valence-corrected chi connectivity index (χ4v) is 2.61. The molecule has 1 amide bonds. The minimum atomic E-state index is -0.363. The van der Waals surface area contributed by atoms with Crippen LogP contribution in [0.4, 0.5) is 0 Å². The van der Waals surface area contributed by atoms with Gasteiger partial charge < -0.3 is 10.6 Å². The maximum absolute atomic E-state index is 11.6. The highest BCUT2D eigenvalue weighted by molar-refractivity contribution is 8.00. The third-order valence-electron chi connectivity index (χ3n) is 2.56. The van der Waals surface area contributed by atoms with Crippen molar-refractivity contribution in [2.24, 2.45) is 5.73 Å². The third kappa shape index (κ3) is 2.38. The molecule has 4 heteroatoms. The highest BCUT2D eigenvalue weighted by Crippen LogP contribution is 2.24. The molecule has 1 fully saturated rings. The Morgan fingerprint density at radius 2 is 2.23 bits per heavy atom. The van der Waals surface area contributed by atoms with Gasteiger partial charge in [0.2, 0.25) is 5.91 Å². The van der Waals surface area contributed by atoms with Crippen molar-refractivity contribution in [3.63, 3.8) is 0 Å². The Morgan fingerprint density at radius 1 is 1.62 bits per heavy atom. The maximum Gasteiger partial charge on any atom is 0.239 e. The molecular weight excluding hydrogens is 184 g/mol. The summed E-state index contributed by atoms with van der Waals surface area (Å²) in [5.41, 5.74) is 5.58. The van der Waals surface area contributed by atoms with Gasteiger partial charge in [0.05, 0.1) is 6.04 Å². The van der Waals surface area contributed by atoms with Gasteiger partial charge in [-0.25, -0.2) is 0 Å². The van der Waals surface area contributed by atoms with Gasteiger partial charge in [0, 0.05) is 23.6 Å². The second-order valence-corrected chi connectivity index (χ2v) is 5.12. The molecule has 13 heavy (non-hydrogen) atoms. The SMILES string of the molecule is CC(N)C(=O)N1CCSC(C)C1C. The fraction of sp³-hybridized carbons (Fsp3) is 0.889. The first-order valence-electron chi connectivity index (χ1n) is 4.71. The van der Waals surface area contributed by atoms with E-state index in [0.717, 1.165) is 12.3 Å². The molecule has 0 radical (unpaired) electrons. The number of rotatable bonds is 1. The van der Waals surface area contributed by atoms with Crippen LogP contribution in [0.25, 0.3) is 0 Å². The Bertz CT molecular complexity index is 196. The van der Waals surface area contributed by atoms with Crippen LogP contribution in [0, 0.1) is 0 Å². The van der Waals surface area contributed by atoms with Crippen LogP contribution in [0.5, 0.6) is 0 Å². The number of carbonyl (C=O) groups excluding carboxylic acids is 1. The predicted octanol–water partition coefficient (Wildman–Crippen LogP) is 0.686. The van der Waals surface area contributed by atoms with Gasteiger partial charge >= 0.3 is 0 Å². The molecule has 3 unspecified atom stereocenters. The molecule has 0 spiro atoms. The van der Waals surface area contributed by atoms with Crippen molar-refractivity contribution in [3.05, 3.63) is 0 Å². The predicted molar refractivity (Wildman–Crippen MR) is 56.7 cm³/mol. The molecule has 1 rings (SSSR count). The topological polar surface area (TPSA) is 46.3 Å². The molecule has 2 N–H and O–H groups in total. The number of amides is 1. The molecular formula is C9H18N2OS. The Balaban J connectivity index is 2.62. The number of nitrogens with zero attached hydrogens (tertiary/aromatic N) is 1. The Morgan fingerprint density at radius 3 is 2.77 bits per heavy atom. The normalized spacial score (nSPS) is 31.5. The van der Waals surface area contributed by atoms with E-state index in [1.165, 1.54) is 0 Å². The lowest BCUT2D eigenvalue weighted by Crippen LogP contribution is -2.52. The van der Waals surface area contributed by atoms with Crippen LogP contribution >= 0.6 is 11.8 Å². The fourth-order valence-electron chi connectivity index (χ4n) is 1.51. The number of thioether (sulfide) groups is 1. The van der Waals surface area contributed by atoms with Gasteiger partial charge in [0.15, 0.2) is 0 Å².